The molecule has 0 atom stereocenters. The van der Waals surface area contributed by atoms with E-state index in [0.29, 0.717) is 12.1 Å². The number of aryl methyl sites for hydroxylation is 1. The molecule has 1 aromatic carbocycles. The molecule has 12 heavy (non-hydrogen) atoms. The van der Waals surface area contributed by atoms with E-state index >= 15 is 0 Å². The van der Waals surface area contributed by atoms with Crippen LogP contribution in [0.2, 0.25) is 0 Å². The van der Waals surface area contributed by atoms with E-state index in [4.69, 9.17) is 5.11 Å². The number of benzene rings is 1. The van der Waals surface area contributed by atoms with Crippen LogP contribution in [0.5, 0.6) is 0 Å². The molecule has 0 aliphatic carbocycles. The van der Waals surface area contributed by atoms with Gasteiger partial charge in [-0.05, 0) is 30.7 Å². The summed E-state index contributed by atoms with van der Waals surface area (Å²) in [6.45, 7) is 2.28. The molecule has 0 aromatic heterocycles. The summed E-state index contributed by atoms with van der Waals surface area (Å²) in [5.41, 5.74) is 1.45. The largest absolute Gasteiger partial charge is 0.395 e. The summed E-state index contributed by atoms with van der Waals surface area (Å²) in [6.07, 6.45) is 0. The zero-order valence-electron chi connectivity index (χ0n) is 6.97. The van der Waals surface area contributed by atoms with Crippen molar-refractivity contribution in [3.05, 3.63) is 29.6 Å². The Balaban J connectivity index is 2.69. The van der Waals surface area contributed by atoms with Crippen LogP contribution in [0.15, 0.2) is 18.2 Å². The fourth-order valence-corrected chi connectivity index (χ4v) is 0.955. The first kappa shape index (κ1) is 9.00. The van der Waals surface area contributed by atoms with Gasteiger partial charge in [0.25, 0.3) is 0 Å². The fraction of sp³-hybridized carbons (Fsp3) is 0.333. The fourth-order valence-electron chi connectivity index (χ4n) is 0.955. The van der Waals surface area contributed by atoms with Crippen LogP contribution in [0, 0.1) is 12.7 Å². The average molecular weight is 169 g/mol. The molecule has 0 unspecified atom stereocenters. The van der Waals surface area contributed by atoms with Crippen LogP contribution in [-0.4, -0.2) is 18.3 Å². The summed E-state index contributed by atoms with van der Waals surface area (Å²) in [5, 5.41) is 11.5. The third kappa shape index (κ3) is 2.20. The van der Waals surface area contributed by atoms with Crippen molar-refractivity contribution >= 4 is 5.69 Å². The summed E-state index contributed by atoms with van der Waals surface area (Å²) in [7, 11) is 0. The molecule has 66 valence electrons. The van der Waals surface area contributed by atoms with Crippen molar-refractivity contribution < 1.29 is 9.50 Å². The molecule has 0 fully saturated rings. The Morgan fingerprint density at radius 2 is 2.25 bits per heavy atom. The number of nitrogens with one attached hydrogen (secondary N) is 1. The maximum Gasteiger partial charge on any atom is 0.126 e. The SMILES string of the molecule is Cc1cc(NCCO)ccc1F. The van der Waals surface area contributed by atoms with Crippen LogP contribution >= 0.6 is 0 Å². The van der Waals surface area contributed by atoms with Crippen LogP contribution in [-0.2, 0) is 0 Å². The predicted molar refractivity (Wildman–Crippen MR) is 46.7 cm³/mol. The van der Waals surface area contributed by atoms with Crippen LogP contribution in [0.25, 0.3) is 0 Å². The predicted octanol–water partition coefficient (Wildman–Crippen LogP) is 1.54. The molecule has 0 saturated heterocycles. The highest BCUT2D eigenvalue weighted by Gasteiger charge is 1.97. The van der Waals surface area contributed by atoms with Gasteiger partial charge in [-0.25, -0.2) is 4.39 Å². The third-order valence-electron chi connectivity index (χ3n) is 1.60. The molecular formula is C9H12FNO. The number of hydrogen-bond donors (Lipinski definition) is 2. The summed E-state index contributed by atoms with van der Waals surface area (Å²) < 4.78 is 12.7. The zero-order chi connectivity index (χ0) is 8.97. The molecule has 0 radical (unpaired) electrons. The lowest BCUT2D eigenvalue weighted by molar-refractivity contribution is 0.311. The van der Waals surface area contributed by atoms with Crippen LogP contribution in [0.1, 0.15) is 5.56 Å². The number of aliphatic hydroxyl groups is 1. The molecule has 0 spiro atoms. The lowest BCUT2D eigenvalue weighted by Crippen LogP contribution is -2.05. The number of anilines is 1. The average Bonchev–Trinajstić information content (AvgIpc) is 2.07. The maximum atomic E-state index is 12.7. The van der Waals surface area contributed by atoms with E-state index in [1.165, 1.54) is 6.07 Å². The second-order valence-electron chi connectivity index (χ2n) is 2.61. The minimum Gasteiger partial charge on any atom is -0.395 e. The minimum atomic E-state index is -0.204. The van der Waals surface area contributed by atoms with Gasteiger partial charge >= 0.3 is 0 Å². The van der Waals surface area contributed by atoms with Gasteiger partial charge in [-0.3, -0.25) is 0 Å². The molecule has 0 amide bonds. The van der Waals surface area contributed by atoms with Gasteiger partial charge in [0.05, 0.1) is 6.61 Å². The molecule has 1 rings (SSSR count). The van der Waals surface area contributed by atoms with Crippen LogP contribution < -0.4 is 5.32 Å². The Labute approximate surface area is 71.0 Å². The summed E-state index contributed by atoms with van der Waals surface area (Å²) in [4.78, 5) is 0. The first-order chi connectivity index (χ1) is 5.74. The number of halogens is 1. The van der Waals surface area contributed by atoms with Crippen LogP contribution in [0.4, 0.5) is 10.1 Å². The molecule has 0 bridgehead atoms. The molecule has 3 heteroatoms. The number of hydrogen-bond acceptors (Lipinski definition) is 2. The summed E-state index contributed by atoms with van der Waals surface area (Å²) in [5.74, 6) is -0.204. The Kier molecular flexibility index (Phi) is 3.05. The lowest BCUT2D eigenvalue weighted by Gasteiger charge is -2.04. The van der Waals surface area contributed by atoms with E-state index in [0.717, 1.165) is 5.69 Å². The topological polar surface area (TPSA) is 32.3 Å². The highest BCUT2D eigenvalue weighted by Crippen LogP contribution is 2.12. The Morgan fingerprint density at radius 1 is 1.50 bits per heavy atom. The number of rotatable bonds is 3. The van der Waals surface area contributed by atoms with Gasteiger partial charge in [0.2, 0.25) is 0 Å². The van der Waals surface area contributed by atoms with Gasteiger partial charge in [0.15, 0.2) is 0 Å². The van der Waals surface area contributed by atoms with E-state index in [1.807, 2.05) is 0 Å². The van der Waals surface area contributed by atoms with Gasteiger partial charge in [-0.1, -0.05) is 0 Å². The monoisotopic (exact) mass is 169 g/mol. The third-order valence-corrected chi connectivity index (χ3v) is 1.60. The van der Waals surface area contributed by atoms with Gasteiger partial charge in [0, 0.05) is 12.2 Å². The van der Waals surface area contributed by atoms with Gasteiger partial charge in [-0.2, -0.15) is 0 Å². The molecule has 0 heterocycles. The quantitative estimate of drug-likeness (QED) is 0.719. The standard InChI is InChI=1S/C9H12FNO/c1-7-6-8(11-4-5-12)2-3-9(7)10/h2-3,6,11-12H,4-5H2,1H3. The molecular weight excluding hydrogens is 157 g/mol. The van der Waals surface area contributed by atoms with Gasteiger partial charge in [0.1, 0.15) is 5.82 Å². The normalized spacial score (nSPS) is 9.92. The first-order valence-electron chi connectivity index (χ1n) is 3.85. The van der Waals surface area contributed by atoms with E-state index < -0.39 is 0 Å². The van der Waals surface area contributed by atoms with E-state index in [-0.39, 0.29) is 12.4 Å². The minimum absolute atomic E-state index is 0.0798. The van der Waals surface area contributed by atoms with Crippen molar-refractivity contribution in [1.82, 2.24) is 0 Å². The van der Waals surface area contributed by atoms with Crippen molar-refractivity contribution in [3.63, 3.8) is 0 Å². The smallest absolute Gasteiger partial charge is 0.126 e. The van der Waals surface area contributed by atoms with E-state index in [1.54, 1.807) is 19.1 Å². The van der Waals surface area contributed by atoms with E-state index in [9.17, 15) is 4.39 Å². The molecule has 0 aliphatic heterocycles. The highest BCUT2D eigenvalue weighted by atomic mass is 19.1. The van der Waals surface area contributed by atoms with Crippen molar-refractivity contribution in [2.75, 3.05) is 18.5 Å². The second kappa shape index (κ2) is 4.07. The van der Waals surface area contributed by atoms with Gasteiger partial charge in [-0.15, -0.1) is 0 Å². The second-order valence-corrected chi connectivity index (χ2v) is 2.61. The van der Waals surface area contributed by atoms with Crippen molar-refractivity contribution in [1.29, 1.82) is 0 Å². The maximum absolute atomic E-state index is 12.7. The van der Waals surface area contributed by atoms with Crippen molar-refractivity contribution in [2.45, 2.75) is 6.92 Å². The lowest BCUT2D eigenvalue weighted by atomic mass is 10.2. The van der Waals surface area contributed by atoms with Crippen LogP contribution in [0.3, 0.4) is 0 Å². The molecule has 1 aromatic rings. The molecule has 0 aliphatic rings. The summed E-state index contributed by atoms with van der Waals surface area (Å²) in [6, 6.07) is 4.78. The molecule has 2 nitrogen and oxygen atoms in total. The number of aliphatic hydroxyl groups excluding tert-OH is 1. The van der Waals surface area contributed by atoms with Gasteiger partial charge < -0.3 is 10.4 Å². The highest BCUT2D eigenvalue weighted by molar-refractivity contribution is 5.45. The molecule has 2 N–H and O–H groups in total. The van der Waals surface area contributed by atoms with Crippen molar-refractivity contribution in [3.8, 4) is 0 Å². The first-order valence-corrected chi connectivity index (χ1v) is 3.85. The Morgan fingerprint density at radius 3 is 2.83 bits per heavy atom. The Bertz CT molecular complexity index is 263. The van der Waals surface area contributed by atoms with Crippen molar-refractivity contribution in [2.24, 2.45) is 0 Å². The Hall–Kier alpha value is -1.09. The zero-order valence-corrected chi connectivity index (χ0v) is 6.97. The summed E-state index contributed by atoms with van der Waals surface area (Å²) >= 11 is 0. The van der Waals surface area contributed by atoms with E-state index in [2.05, 4.69) is 5.32 Å². The molecule has 0 saturated carbocycles.